The highest BCUT2D eigenvalue weighted by Gasteiger charge is 2.27. The van der Waals surface area contributed by atoms with Crippen LogP contribution in [0, 0.1) is 0 Å². The van der Waals surface area contributed by atoms with Gasteiger partial charge in [-0.2, -0.15) is 21.9 Å². The molecule has 0 atom stereocenters. The first kappa shape index (κ1) is 53.3. The lowest BCUT2D eigenvalue weighted by molar-refractivity contribution is -0.432. The first-order valence-corrected chi connectivity index (χ1v) is 24.9. The van der Waals surface area contributed by atoms with Crippen molar-refractivity contribution in [3.8, 4) is 11.5 Å². The molecule has 368 valence electrons. The van der Waals surface area contributed by atoms with Crippen LogP contribution in [0.3, 0.4) is 0 Å². The number of halogens is 5. The molecule has 0 saturated heterocycles. The van der Waals surface area contributed by atoms with Crippen LogP contribution in [0.25, 0.3) is 21.5 Å². The van der Waals surface area contributed by atoms with Gasteiger partial charge in [0.2, 0.25) is 0 Å². The Morgan fingerprint density at radius 3 is 1.87 bits per heavy atom. The number of carbonyl (C=O) groups excluding carboxylic acids is 2. The number of carbonyl (C=O) groups is 2. The number of phenolic OH excluding ortho intramolecular Hbond substituents is 2. The van der Waals surface area contributed by atoms with Crippen LogP contribution in [0.2, 0.25) is 25.1 Å². The van der Waals surface area contributed by atoms with Crippen molar-refractivity contribution < 1.29 is 75.0 Å². The second-order valence-corrected chi connectivity index (χ2v) is 20.2. The highest BCUT2D eigenvalue weighted by atomic mass is 35.5. The van der Waals surface area contributed by atoms with Gasteiger partial charge in [0.25, 0.3) is 32.1 Å². The van der Waals surface area contributed by atoms with Gasteiger partial charge in [-0.05, 0) is 95.7 Å². The van der Waals surface area contributed by atoms with Gasteiger partial charge in [-0.25, -0.2) is 10.5 Å². The quantitative estimate of drug-likeness (QED) is 0.0146. The zero-order valence-electron chi connectivity index (χ0n) is 34.2. The summed E-state index contributed by atoms with van der Waals surface area (Å²) >= 11 is 31.7. The molecule has 31 heteroatoms. The molecule has 0 spiro atoms. The summed E-state index contributed by atoms with van der Waals surface area (Å²) in [6.45, 7) is 0. The number of hydrogen-bond acceptors (Lipinski definition) is 20. The third-order valence-corrected chi connectivity index (χ3v) is 14.0. The smallest absolute Gasteiger partial charge is 0.296 e. The molecule has 0 aliphatic heterocycles. The number of nitrogens with zero attached hydrogens (tertiary/aromatic N) is 4. The number of anilines is 2. The summed E-state index contributed by atoms with van der Waals surface area (Å²) in [5.41, 5.74) is -2.25. The Bertz CT molecular complexity index is 3630. The number of benzene rings is 7. The Hall–Kier alpha value is -5.47. The van der Waals surface area contributed by atoms with Crippen molar-refractivity contribution in [3.63, 3.8) is 0 Å². The summed E-state index contributed by atoms with van der Waals surface area (Å²) < 4.78 is 79.3. The topological polar surface area (TPSA) is 334 Å². The van der Waals surface area contributed by atoms with Gasteiger partial charge >= 0.3 is 0 Å². The second-order valence-electron chi connectivity index (χ2n) is 13.9. The molecule has 22 nitrogen and oxygen atoms in total. The SMILES string of the molecule is O=C(Nc1cc(S(=O)(=O)O)cc2cc(SOOO)c(N=Nc3ccc(N=Nc4c(S(=O)(=O)O)cc5cc(SOOO)cc(NC(=O)c6cccc(Cl)c6Cl)c5c4O)c(Cl)c3)c(O)c12)c1ccc(Cl)cc1Cl. The van der Waals surface area contributed by atoms with E-state index in [-0.39, 0.29) is 102 Å². The Kier molecular flexibility index (Phi) is 16.6. The van der Waals surface area contributed by atoms with E-state index in [0.29, 0.717) is 12.0 Å². The maximum absolute atomic E-state index is 13.4. The van der Waals surface area contributed by atoms with Gasteiger partial charge in [-0.3, -0.25) is 18.7 Å². The monoisotopic (exact) mass is 1150 g/mol. The molecule has 0 aromatic heterocycles. The van der Waals surface area contributed by atoms with Crippen LogP contribution in [-0.2, 0) is 39.0 Å². The second kappa shape index (κ2) is 22.1. The van der Waals surface area contributed by atoms with Crippen LogP contribution in [0.5, 0.6) is 11.5 Å². The molecule has 0 aliphatic rings. The van der Waals surface area contributed by atoms with Crippen LogP contribution in [0.15, 0.2) is 131 Å². The van der Waals surface area contributed by atoms with Crippen molar-refractivity contribution in [2.24, 2.45) is 20.5 Å². The van der Waals surface area contributed by atoms with Gasteiger partial charge in [0.05, 0.1) is 82.2 Å². The maximum Gasteiger partial charge on any atom is 0.296 e. The lowest BCUT2D eigenvalue weighted by Gasteiger charge is -2.15. The van der Waals surface area contributed by atoms with Crippen LogP contribution in [0.4, 0.5) is 34.1 Å². The lowest BCUT2D eigenvalue weighted by Crippen LogP contribution is -2.13. The minimum absolute atomic E-state index is 0.0404. The van der Waals surface area contributed by atoms with Crippen LogP contribution < -0.4 is 10.6 Å². The third kappa shape index (κ3) is 12.1. The van der Waals surface area contributed by atoms with Gasteiger partial charge in [0.15, 0.2) is 11.5 Å². The number of amides is 2. The first-order valence-electron chi connectivity index (χ1n) is 18.7. The molecule has 0 radical (unpaired) electrons. The number of phenols is 2. The first-order chi connectivity index (χ1) is 33.6. The Morgan fingerprint density at radius 2 is 1.23 bits per heavy atom. The van der Waals surface area contributed by atoms with Crippen molar-refractivity contribution in [2.75, 3.05) is 10.6 Å². The van der Waals surface area contributed by atoms with E-state index in [0.717, 1.165) is 18.2 Å². The van der Waals surface area contributed by atoms with E-state index >= 15 is 0 Å². The van der Waals surface area contributed by atoms with Gasteiger partial charge < -0.3 is 20.8 Å². The van der Waals surface area contributed by atoms with Crippen molar-refractivity contribution in [2.45, 2.75) is 19.6 Å². The van der Waals surface area contributed by atoms with Crippen molar-refractivity contribution in [3.05, 3.63) is 127 Å². The Morgan fingerprint density at radius 1 is 0.592 bits per heavy atom. The van der Waals surface area contributed by atoms with Crippen molar-refractivity contribution in [1.82, 2.24) is 0 Å². The summed E-state index contributed by atoms with van der Waals surface area (Å²) in [7, 11) is -10.1. The minimum Gasteiger partial charge on any atom is -0.505 e. The minimum atomic E-state index is -5.20. The predicted octanol–water partition coefficient (Wildman–Crippen LogP) is 13.4. The lowest BCUT2D eigenvalue weighted by atomic mass is 10.1. The number of rotatable bonds is 16. The van der Waals surface area contributed by atoms with E-state index in [2.05, 4.69) is 49.8 Å². The van der Waals surface area contributed by atoms with Gasteiger partial charge in [0, 0.05) is 20.7 Å². The fourth-order valence-corrected chi connectivity index (χ4v) is 9.70. The number of fused-ring (bicyclic) bond motifs is 2. The highest BCUT2D eigenvalue weighted by Crippen LogP contribution is 2.49. The highest BCUT2D eigenvalue weighted by molar-refractivity contribution is 7.95. The van der Waals surface area contributed by atoms with Gasteiger partial charge in [0.1, 0.15) is 22.0 Å². The van der Waals surface area contributed by atoms with Crippen LogP contribution in [0.1, 0.15) is 20.7 Å². The van der Waals surface area contributed by atoms with Crippen molar-refractivity contribution in [1.29, 1.82) is 0 Å². The zero-order chi connectivity index (χ0) is 51.5. The molecule has 0 bridgehead atoms. The van der Waals surface area contributed by atoms with E-state index in [1.807, 2.05) is 0 Å². The number of nitrogens with one attached hydrogen (secondary N) is 2. The summed E-state index contributed by atoms with van der Waals surface area (Å²) in [5, 5.41) is 68.4. The summed E-state index contributed by atoms with van der Waals surface area (Å²) in [4.78, 5) is 25.0. The standard InChI is InChI=1S/C40H23Cl5N6O16S4/c41-18-4-6-22(25(43)12-18)39(54)47-29-15-21(70(58,59)60)9-17-10-30(69-67-65-57)35(37(52)33(17)29)50-48-19-5-7-27(26(44)13-19)49-51-36-31(71(61,62)63)11-16-8-20(68-66-64-56)14-28(32(16)38(36)53)46-40(55)23-2-1-3-24(42)34(23)45/h1-15,52-53,56-57H,(H,46,55)(H,47,54)(H,58,59,60)(H,61,62,63). The zero-order valence-corrected chi connectivity index (χ0v) is 41.3. The molecular formula is C40H23Cl5N6O16S4. The molecule has 0 unspecified atom stereocenters. The van der Waals surface area contributed by atoms with Crippen molar-refractivity contribution >= 4 is 170 Å². The fourth-order valence-electron chi connectivity index (χ4n) is 6.46. The van der Waals surface area contributed by atoms with E-state index in [4.69, 9.17) is 68.5 Å². The molecule has 0 saturated carbocycles. The predicted molar refractivity (Wildman–Crippen MR) is 261 cm³/mol. The van der Waals surface area contributed by atoms with E-state index in [1.54, 1.807) is 0 Å². The van der Waals surface area contributed by atoms with E-state index in [9.17, 15) is 45.7 Å². The molecule has 0 heterocycles. The number of hydrogen-bond donors (Lipinski definition) is 8. The molecule has 0 fully saturated rings. The maximum atomic E-state index is 13.4. The molecular weight excluding hydrogens is 1130 g/mol. The summed E-state index contributed by atoms with van der Waals surface area (Å²) in [6.07, 6.45) is 0. The summed E-state index contributed by atoms with van der Waals surface area (Å²) in [5.74, 6) is -3.41. The van der Waals surface area contributed by atoms with E-state index < -0.39 is 64.7 Å². The Balaban J connectivity index is 1.28. The largest absolute Gasteiger partial charge is 0.505 e. The molecule has 7 rings (SSSR count). The number of azo groups is 2. The fraction of sp³-hybridized carbons (Fsp3) is 0. The summed E-state index contributed by atoms with van der Waals surface area (Å²) in [6, 6.07) is 18.1. The van der Waals surface area contributed by atoms with Crippen LogP contribution >= 0.6 is 82.1 Å². The molecule has 71 heavy (non-hydrogen) atoms. The molecule has 0 aliphatic carbocycles. The number of aromatic hydroxyl groups is 2. The molecule has 2 amide bonds. The normalized spacial score (nSPS) is 12.1. The molecule has 7 aromatic rings. The third-order valence-electron chi connectivity index (χ3n) is 9.46. The average Bonchev–Trinajstić information content (AvgIpc) is 3.29. The van der Waals surface area contributed by atoms with Gasteiger partial charge in [-0.1, -0.05) is 74.1 Å². The molecule has 8 N–H and O–H groups in total. The Labute approximate surface area is 431 Å². The van der Waals surface area contributed by atoms with E-state index in [1.165, 1.54) is 72.8 Å². The average molecular weight is 1150 g/mol. The van der Waals surface area contributed by atoms with Crippen LogP contribution in [-0.4, -0.2) is 58.5 Å². The molecule has 7 aromatic carbocycles. The van der Waals surface area contributed by atoms with Gasteiger partial charge in [-0.15, -0.1) is 24.0 Å².